The van der Waals surface area contributed by atoms with Gasteiger partial charge < -0.3 is 5.73 Å². The Balaban J connectivity index is 3.40. The molecule has 1 aromatic rings. The first-order valence-electron chi connectivity index (χ1n) is 4.58. The molecule has 2 N–H and O–H groups in total. The summed E-state index contributed by atoms with van der Waals surface area (Å²) in [6, 6.07) is 6.22. The number of sulfone groups is 2. The molecule has 0 aliphatic carbocycles. The number of hydrogen-bond acceptors (Lipinski definition) is 5. The maximum absolute atomic E-state index is 11.4. The van der Waals surface area contributed by atoms with Crippen LogP contribution in [0.2, 0.25) is 0 Å². The molecule has 0 heterocycles. The summed E-state index contributed by atoms with van der Waals surface area (Å²) in [7, 11) is -7.58. The van der Waals surface area contributed by atoms with E-state index in [0.717, 1.165) is 18.6 Å². The Bertz CT molecular complexity index is 606. The van der Waals surface area contributed by atoms with E-state index in [2.05, 4.69) is 0 Å². The second-order valence-electron chi connectivity index (χ2n) is 3.67. The Labute approximate surface area is 101 Å². The average molecular weight is 275 g/mol. The van der Waals surface area contributed by atoms with Crippen molar-refractivity contribution < 1.29 is 16.8 Å². The fourth-order valence-corrected chi connectivity index (χ4v) is 4.12. The van der Waals surface area contributed by atoms with Gasteiger partial charge in [-0.25, -0.2) is 16.8 Å². The number of rotatable bonds is 3. The Morgan fingerprint density at radius 2 is 1.41 bits per heavy atom. The predicted octanol–water partition coefficient (Wildman–Crippen LogP) is 0.656. The topological polar surface area (TPSA) is 94.3 Å². The van der Waals surface area contributed by atoms with Crippen molar-refractivity contribution in [1.82, 2.24) is 0 Å². The highest BCUT2D eigenvalue weighted by molar-refractivity contribution is 8.14. The van der Waals surface area contributed by atoms with Crippen molar-refractivity contribution in [2.75, 3.05) is 18.2 Å². The molecule has 17 heavy (non-hydrogen) atoms. The van der Waals surface area contributed by atoms with Gasteiger partial charge in [-0.15, -0.1) is 0 Å². The SMILES string of the molecule is CS(=O)(=O)C(=Cc1ccc(N)cc1)S(C)(=O)=O. The lowest BCUT2D eigenvalue weighted by atomic mass is 10.2. The summed E-state index contributed by atoms with van der Waals surface area (Å²) >= 11 is 0. The lowest BCUT2D eigenvalue weighted by Crippen LogP contribution is -2.11. The molecule has 0 atom stereocenters. The highest BCUT2D eigenvalue weighted by Crippen LogP contribution is 2.17. The molecule has 7 heteroatoms. The Morgan fingerprint density at radius 3 is 1.76 bits per heavy atom. The van der Waals surface area contributed by atoms with Crippen molar-refractivity contribution in [2.45, 2.75) is 0 Å². The predicted molar refractivity (Wildman–Crippen MR) is 68.5 cm³/mol. The molecule has 94 valence electrons. The third kappa shape index (κ3) is 3.86. The summed E-state index contributed by atoms with van der Waals surface area (Å²) < 4.78 is 44.9. The molecule has 0 radical (unpaired) electrons. The van der Waals surface area contributed by atoms with Gasteiger partial charge in [0.05, 0.1) is 0 Å². The fraction of sp³-hybridized carbons (Fsp3) is 0.200. The van der Waals surface area contributed by atoms with Gasteiger partial charge in [-0.1, -0.05) is 12.1 Å². The molecular formula is C10H13NO4S2. The number of anilines is 1. The van der Waals surface area contributed by atoms with E-state index in [1.165, 1.54) is 0 Å². The second-order valence-corrected chi connectivity index (χ2v) is 7.90. The van der Waals surface area contributed by atoms with Crippen LogP contribution in [0.4, 0.5) is 5.69 Å². The lowest BCUT2D eigenvalue weighted by Gasteiger charge is -2.03. The van der Waals surface area contributed by atoms with Gasteiger partial charge in [0.25, 0.3) is 0 Å². The van der Waals surface area contributed by atoms with Crippen molar-refractivity contribution in [3.63, 3.8) is 0 Å². The van der Waals surface area contributed by atoms with Gasteiger partial charge >= 0.3 is 0 Å². The van der Waals surface area contributed by atoms with Crippen LogP contribution in [0.1, 0.15) is 5.56 Å². The summed E-state index contributed by atoms with van der Waals surface area (Å²) in [5.74, 6) is 0. The molecule has 0 aromatic heterocycles. The van der Waals surface area contributed by atoms with E-state index in [0.29, 0.717) is 11.3 Å². The smallest absolute Gasteiger partial charge is 0.186 e. The van der Waals surface area contributed by atoms with Gasteiger partial charge in [0.2, 0.25) is 0 Å². The number of benzene rings is 1. The minimum atomic E-state index is -3.79. The van der Waals surface area contributed by atoms with E-state index in [9.17, 15) is 16.8 Å². The van der Waals surface area contributed by atoms with E-state index < -0.39 is 23.9 Å². The first-order chi connectivity index (χ1) is 7.60. The first-order valence-corrected chi connectivity index (χ1v) is 8.36. The molecule has 0 spiro atoms. The normalized spacial score (nSPS) is 12.1. The Hall–Kier alpha value is -1.34. The quantitative estimate of drug-likeness (QED) is 0.818. The minimum Gasteiger partial charge on any atom is -0.399 e. The molecular weight excluding hydrogens is 262 g/mol. The van der Waals surface area contributed by atoms with Gasteiger partial charge in [0, 0.05) is 18.2 Å². The average Bonchev–Trinajstić information content (AvgIpc) is 2.13. The summed E-state index contributed by atoms with van der Waals surface area (Å²) in [5.41, 5.74) is 6.45. The Kier molecular flexibility index (Phi) is 3.63. The van der Waals surface area contributed by atoms with Crippen LogP contribution in [0.3, 0.4) is 0 Å². The van der Waals surface area contributed by atoms with Crippen LogP contribution in [0.15, 0.2) is 28.5 Å². The summed E-state index contributed by atoms with van der Waals surface area (Å²) in [6.45, 7) is 0. The van der Waals surface area contributed by atoms with E-state index in [1.54, 1.807) is 24.3 Å². The Morgan fingerprint density at radius 1 is 1.00 bits per heavy atom. The molecule has 0 saturated carbocycles. The van der Waals surface area contributed by atoms with Crippen LogP contribution in [0.25, 0.3) is 6.08 Å². The van der Waals surface area contributed by atoms with E-state index in [4.69, 9.17) is 5.73 Å². The number of nitrogen functional groups attached to an aromatic ring is 1. The summed E-state index contributed by atoms with van der Waals surface area (Å²) in [5, 5.41) is 0. The second kappa shape index (κ2) is 4.50. The highest BCUT2D eigenvalue weighted by atomic mass is 32.3. The molecule has 0 fully saturated rings. The zero-order valence-corrected chi connectivity index (χ0v) is 11.0. The van der Waals surface area contributed by atoms with Gasteiger partial charge in [-0.05, 0) is 23.8 Å². The molecule has 1 rings (SSSR count). The third-order valence-corrected chi connectivity index (χ3v) is 5.47. The number of hydrogen-bond donors (Lipinski definition) is 1. The minimum absolute atomic E-state index is 0.463. The maximum atomic E-state index is 11.4. The van der Waals surface area contributed by atoms with Crippen LogP contribution < -0.4 is 5.73 Å². The molecule has 0 aliphatic heterocycles. The largest absolute Gasteiger partial charge is 0.399 e. The highest BCUT2D eigenvalue weighted by Gasteiger charge is 2.22. The van der Waals surface area contributed by atoms with E-state index in [1.807, 2.05) is 0 Å². The van der Waals surface area contributed by atoms with E-state index >= 15 is 0 Å². The maximum Gasteiger partial charge on any atom is 0.186 e. The van der Waals surface area contributed by atoms with Crippen molar-refractivity contribution in [3.05, 3.63) is 34.1 Å². The van der Waals surface area contributed by atoms with Crippen LogP contribution in [-0.2, 0) is 19.7 Å². The van der Waals surface area contributed by atoms with Crippen molar-refractivity contribution in [1.29, 1.82) is 0 Å². The van der Waals surface area contributed by atoms with Crippen LogP contribution in [0, 0.1) is 0 Å². The van der Waals surface area contributed by atoms with Gasteiger partial charge in [0.1, 0.15) is 0 Å². The standard InChI is InChI=1S/C10H13NO4S2/c1-16(12,13)10(17(2,14)15)7-8-3-5-9(11)6-4-8/h3-7H,11H2,1-2H3. The molecule has 0 bridgehead atoms. The van der Waals surface area contributed by atoms with Crippen LogP contribution >= 0.6 is 0 Å². The summed E-state index contributed by atoms with van der Waals surface area (Å²) in [4.78, 5) is 0. The fourth-order valence-electron chi connectivity index (χ4n) is 1.22. The first kappa shape index (κ1) is 13.7. The molecule has 0 saturated heterocycles. The van der Waals surface area contributed by atoms with Gasteiger partial charge in [-0.2, -0.15) is 0 Å². The molecule has 0 unspecified atom stereocenters. The molecule has 5 nitrogen and oxygen atoms in total. The van der Waals surface area contributed by atoms with Crippen molar-refractivity contribution in [3.8, 4) is 0 Å². The molecule has 0 aliphatic rings. The van der Waals surface area contributed by atoms with Crippen LogP contribution in [-0.4, -0.2) is 29.3 Å². The molecule has 1 aromatic carbocycles. The summed E-state index contributed by atoms with van der Waals surface area (Å²) in [6.07, 6.45) is 2.83. The monoisotopic (exact) mass is 275 g/mol. The molecule has 0 amide bonds. The zero-order chi connectivity index (χ0) is 13.3. The zero-order valence-electron chi connectivity index (χ0n) is 9.41. The number of nitrogens with two attached hydrogens (primary N) is 1. The van der Waals surface area contributed by atoms with Crippen molar-refractivity contribution in [2.24, 2.45) is 0 Å². The third-order valence-electron chi connectivity index (χ3n) is 1.95. The van der Waals surface area contributed by atoms with Gasteiger partial charge in [-0.3, -0.25) is 0 Å². The van der Waals surface area contributed by atoms with Gasteiger partial charge in [0.15, 0.2) is 23.9 Å². The van der Waals surface area contributed by atoms with E-state index in [-0.39, 0.29) is 0 Å². The lowest BCUT2D eigenvalue weighted by molar-refractivity contribution is 0.601. The van der Waals surface area contributed by atoms with Crippen molar-refractivity contribution >= 4 is 31.4 Å². The van der Waals surface area contributed by atoms with Crippen LogP contribution in [0.5, 0.6) is 0 Å².